The fourth-order valence-corrected chi connectivity index (χ4v) is 9.82. The molecule has 9 nitrogen and oxygen atoms in total. The van der Waals surface area contributed by atoms with Crippen molar-refractivity contribution in [2.75, 3.05) is 6.61 Å². The molecule has 0 aliphatic heterocycles. The van der Waals surface area contributed by atoms with E-state index in [0.29, 0.717) is 30.2 Å². The van der Waals surface area contributed by atoms with Gasteiger partial charge in [-0.15, -0.1) is 5.10 Å². The molecule has 7 aromatic rings. The molecule has 0 aliphatic carbocycles. The van der Waals surface area contributed by atoms with Crippen LogP contribution in [0, 0.1) is 0 Å². The molecule has 0 saturated heterocycles. The van der Waals surface area contributed by atoms with Crippen molar-refractivity contribution in [3.05, 3.63) is 179 Å². The molecule has 0 radical (unpaired) electrons. The maximum atomic E-state index is 13.9. The number of rotatable bonds is 15. The molecule has 0 bridgehead atoms. The molecule has 0 spiro atoms. The first-order valence-corrected chi connectivity index (χ1v) is 24.2. The zero-order valence-electron chi connectivity index (χ0n) is 37.0. The predicted molar refractivity (Wildman–Crippen MR) is 246 cm³/mol. The van der Waals surface area contributed by atoms with Crippen molar-refractivity contribution in [1.29, 1.82) is 0 Å². The Morgan fingerprint density at radius 2 is 1.21 bits per heavy atom. The summed E-state index contributed by atoms with van der Waals surface area (Å²) in [6.45, 7) is 19.9. The van der Waals surface area contributed by atoms with Crippen LogP contribution in [0.1, 0.15) is 99.1 Å². The number of carbonyl (C=O) groups is 1. The second-order valence-corrected chi connectivity index (χ2v) is 22.3. The zero-order chi connectivity index (χ0) is 43.4. The first-order chi connectivity index (χ1) is 29.2. The maximum Gasteiger partial charge on any atom is 0.357 e. The molecule has 0 fully saturated rings. The lowest BCUT2D eigenvalue weighted by molar-refractivity contribution is 0.0483. The Balaban J connectivity index is 1.31. The Morgan fingerprint density at radius 3 is 1.72 bits per heavy atom. The minimum absolute atomic E-state index is 0.0233. The standard InChI is InChI=1S/C51H58N6O3Si/c1-10-23-44-52-46(50(6,7)60-61(8,9)49(3,4)5)45(48(58)59-11-2)56(44)36-37-32-34-38(35-33-37)42-30-21-22-31-43(42)47-53-54-55-57(47)51(39-24-15-12-16-25-39,40-26-17-13-18-27-40)41-28-19-14-20-29-41/h12-22,24-35H,10-11,23,36H2,1-9H3. The summed E-state index contributed by atoms with van der Waals surface area (Å²) in [5.74, 6) is 1.08. The van der Waals surface area contributed by atoms with E-state index in [9.17, 15) is 4.79 Å². The van der Waals surface area contributed by atoms with Crippen LogP contribution < -0.4 is 0 Å². The maximum absolute atomic E-state index is 13.9. The fraction of sp³-hybridized carbons (Fsp3) is 0.314. The molecule has 0 saturated carbocycles. The third-order valence-corrected chi connectivity index (χ3v) is 16.6. The number of esters is 1. The predicted octanol–water partition coefficient (Wildman–Crippen LogP) is 11.5. The lowest BCUT2D eigenvalue weighted by Crippen LogP contribution is -2.47. The first-order valence-electron chi connectivity index (χ1n) is 21.3. The lowest BCUT2D eigenvalue weighted by Gasteiger charge is -2.42. The van der Waals surface area contributed by atoms with E-state index >= 15 is 0 Å². The summed E-state index contributed by atoms with van der Waals surface area (Å²) in [7, 11) is -2.24. The Hall–Kier alpha value is -5.97. The van der Waals surface area contributed by atoms with E-state index in [0.717, 1.165) is 51.2 Å². The van der Waals surface area contributed by atoms with Gasteiger partial charge in [-0.2, -0.15) is 0 Å². The number of nitrogens with zero attached hydrogens (tertiary/aromatic N) is 6. The Bertz CT molecular complexity index is 2460. The lowest BCUT2D eigenvalue weighted by atomic mass is 9.77. The summed E-state index contributed by atoms with van der Waals surface area (Å²) in [6.07, 6.45) is 1.58. The molecule has 2 heterocycles. The monoisotopic (exact) mass is 830 g/mol. The van der Waals surface area contributed by atoms with Gasteiger partial charge in [-0.1, -0.05) is 167 Å². The highest BCUT2D eigenvalue weighted by Crippen LogP contribution is 2.45. The van der Waals surface area contributed by atoms with Gasteiger partial charge in [-0.3, -0.25) is 0 Å². The van der Waals surface area contributed by atoms with E-state index in [4.69, 9.17) is 24.5 Å². The van der Waals surface area contributed by atoms with Gasteiger partial charge in [-0.25, -0.2) is 14.5 Å². The van der Waals surface area contributed by atoms with Gasteiger partial charge < -0.3 is 13.7 Å². The number of aryl methyl sites for hydroxylation is 1. The van der Waals surface area contributed by atoms with Gasteiger partial charge in [0, 0.05) is 18.5 Å². The molecule has 314 valence electrons. The highest BCUT2D eigenvalue weighted by molar-refractivity contribution is 6.74. The molecule has 0 amide bonds. The number of imidazole rings is 1. The average molecular weight is 831 g/mol. The zero-order valence-corrected chi connectivity index (χ0v) is 38.0. The first kappa shape index (κ1) is 43.1. The molecule has 2 aromatic heterocycles. The summed E-state index contributed by atoms with van der Waals surface area (Å²) in [4.78, 5) is 19.1. The van der Waals surface area contributed by atoms with Crippen LogP contribution in [0.2, 0.25) is 18.1 Å². The van der Waals surface area contributed by atoms with Crippen LogP contribution in [0.15, 0.2) is 140 Å². The van der Waals surface area contributed by atoms with Crippen LogP contribution in [0.25, 0.3) is 22.5 Å². The molecule has 0 unspecified atom stereocenters. The summed E-state index contributed by atoms with van der Waals surface area (Å²) in [5.41, 5.74) is 6.38. The third kappa shape index (κ3) is 8.39. The van der Waals surface area contributed by atoms with Gasteiger partial charge in [0.1, 0.15) is 17.1 Å². The highest BCUT2D eigenvalue weighted by atomic mass is 28.4. The summed E-state index contributed by atoms with van der Waals surface area (Å²) >= 11 is 0. The largest absolute Gasteiger partial charge is 0.461 e. The minimum atomic E-state index is -2.24. The van der Waals surface area contributed by atoms with Crippen LogP contribution in [0.4, 0.5) is 0 Å². The van der Waals surface area contributed by atoms with Crippen molar-refractivity contribution in [3.63, 3.8) is 0 Å². The van der Waals surface area contributed by atoms with Crippen molar-refractivity contribution in [2.45, 2.75) is 97.1 Å². The van der Waals surface area contributed by atoms with Gasteiger partial charge in [0.15, 0.2) is 19.8 Å². The molecule has 0 N–H and O–H groups in total. The van der Waals surface area contributed by atoms with E-state index in [1.165, 1.54) is 0 Å². The van der Waals surface area contributed by atoms with Crippen LogP contribution in [-0.4, -0.2) is 50.7 Å². The van der Waals surface area contributed by atoms with E-state index in [1.54, 1.807) is 0 Å². The van der Waals surface area contributed by atoms with Gasteiger partial charge in [0.25, 0.3) is 0 Å². The fourth-order valence-electron chi connectivity index (χ4n) is 8.14. The van der Waals surface area contributed by atoms with Gasteiger partial charge in [0.2, 0.25) is 0 Å². The van der Waals surface area contributed by atoms with Crippen molar-refractivity contribution < 1.29 is 14.0 Å². The van der Waals surface area contributed by atoms with Crippen molar-refractivity contribution in [1.82, 2.24) is 29.8 Å². The molecule has 0 aliphatic rings. The Morgan fingerprint density at radius 1 is 0.689 bits per heavy atom. The number of hydrogen-bond acceptors (Lipinski definition) is 7. The molecule has 5 aromatic carbocycles. The SMILES string of the molecule is CCCc1nc(C(C)(C)O[Si](C)(C)C(C)(C)C)c(C(=O)OCC)n1Cc1ccc(-c2ccccc2-c2nnnn2C(c2ccccc2)(c2ccccc2)c2ccccc2)cc1. The second-order valence-electron chi connectivity index (χ2n) is 17.6. The summed E-state index contributed by atoms with van der Waals surface area (Å²) in [5, 5.41) is 13.9. The molecule has 61 heavy (non-hydrogen) atoms. The summed E-state index contributed by atoms with van der Waals surface area (Å²) < 4.78 is 16.7. The number of hydrogen-bond donors (Lipinski definition) is 0. The minimum Gasteiger partial charge on any atom is -0.461 e. The van der Waals surface area contributed by atoms with Crippen LogP contribution >= 0.6 is 0 Å². The number of carbonyl (C=O) groups excluding carboxylic acids is 1. The molecular formula is C51H58N6O3Si. The van der Waals surface area contributed by atoms with Gasteiger partial charge in [0.05, 0.1) is 12.2 Å². The van der Waals surface area contributed by atoms with E-state index in [2.05, 4.69) is 155 Å². The van der Waals surface area contributed by atoms with Gasteiger partial charge in [-0.05, 0) is 89.1 Å². The van der Waals surface area contributed by atoms with Crippen molar-refractivity contribution in [2.24, 2.45) is 0 Å². The number of aromatic nitrogens is 6. The van der Waals surface area contributed by atoms with Crippen LogP contribution in [0.3, 0.4) is 0 Å². The smallest absolute Gasteiger partial charge is 0.357 e. The number of ether oxygens (including phenoxy) is 1. The van der Waals surface area contributed by atoms with E-state index in [-0.39, 0.29) is 17.6 Å². The quantitative estimate of drug-likeness (QED) is 0.0576. The van der Waals surface area contributed by atoms with E-state index < -0.39 is 19.5 Å². The topological polar surface area (TPSA) is 97.0 Å². The Kier molecular flexibility index (Phi) is 12.4. The Labute approximate surface area is 361 Å². The molecule has 0 atom stereocenters. The van der Waals surface area contributed by atoms with E-state index in [1.807, 2.05) is 60.4 Å². The van der Waals surface area contributed by atoms with Gasteiger partial charge >= 0.3 is 5.97 Å². The third-order valence-electron chi connectivity index (χ3n) is 12.0. The molecular weight excluding hydrogens is 773 g/mol. The van der Waals surface area contributed by atoms with Crippen molar-refractivity contribution >= 4 is 14.3 Å². The number of tetrazole rings is 1. The average Bonchev–Trinajstić information content (AvgIpc) is 3.88. The van der Waals surface area contributed by atoms with Crippen LogP contribution in [0.5, 0.6) is 0 Å². The second kappa shape index (κ2) is 17.6. The summed E-state index contributed by atoms with van der Waals surface area (Å²) in [6, 6.07) is 48.1. The molecule has 10 heteroatoms. The van der Waals surface area contributed by atoms with Crippen molar-refractivity contribution in [3.8, 4) is 22.5 Å². The van der Waals surface area contributed by atoms with Crippen LogP contribution in [-0.2, 0) is 33.3 Å². The molecule has 7 rings (SSSR count). The number of benzene rings is 5. The highest BCUT2D eigenvalue weighted by Gasteiger charge is 2.45. The normalized spacial score (nSPS) is 12.4.